The number of carbonyl (C=O) groups excluding carboxylic acids is 1. The van der Waals surface area contributed by atoms with Crippen LogP contribution in [-0.2, 0) is 4.79 Å². The molecule has 4 nitrogen and oxygen atoms in total. The summed E-state index contributed by atoms with van der Waals surface area (Å²) in [5.41, 5.74) is 0.529. The van der Waals surface area contributed by atoms with E-state index < -0.39 is 0 Å². The Morgan fingerprint density at radius 3 is 2.50 bits per heavy atom. The lowest BCUT2D eigenvalue weighted by Gasteiger charge is -2.14. The molecule has 1 atom stereocenters. The van der Waals surface area contributed by atoms with Crippen molar-refractivity contribution in [3.05, 3.63) is 17.2 Å². The van der Waals surface area contributed by atoms with Gasteiger partial charge in [0.05, 0.1) is 29.8 Å². The van der Waals surface area contributed by atoms with E-state index in [1.54, 1.807) is 12.1 Å². The second-order valence-electron chi connectivity index (χ2n) is 3.55. The highest BCUT2D eigenvalue weighted by molar-refractivity contribution is 9.10. The SMILES string of the molecule is CCC(Br)C(=O)Nc1cc(OC)c(Cl)cc1OC. The maximum Gasteiger partial charge on any atom is 0.238 e. The molecule has 1 unspecified atom stereocenters. The van der Waals surface area contributed by atoms with Gasteiger partial charge >= 0.3 is 0 Å². The third kappa shape index (κ3) is 3.53. The van der Waals surface area contributed by atoms with E-state index in [4.69, 9.17) is 21.1 Å². The number of ether oxygens (including phenoxy) is 2. The molecular formula is C12H15BrClNO3. The van der Waals surface area contributed by atoms with E-state index in [1.165, 1.54) is 14.2 Å². The van der Waals surface area contributed by atoms with Crippen LogP contribution in [0.1, 0.15) is 13.3 Å². The number of hydrogen-bond donors (Lipinski definition) is 1. The molecule has 0 aliphatic rings. The monoisotopic (exact) mass is 335 g/mol. The van der Waals surface area contributed by atoms with Gasteiger partial charge in [-0.05, 0) is 6.42 Å². The van der Waals surface area contributed by atoms with Crippen molar-refractivity contribution in [3.8, 4) is 11.5 Å². The van der Waals surface area contributed by atoms with Crippen LogP contribution in [0.3, 0.4) is 0 Å². The smallest absolute Gasteiger partial charge is 0.238 e. The summed E-state index contributed by atoms with van der Waals surface area (Å²) in [5, 5.41) is 3.19. The van der Waals surface area contributed by atoms with Crippen molar-refractivity contribution >= 4 is 39.1 Å². The molecule has 0 radical (unpaired) electrons. The second kappa shape index (κ2) is 6.85. The van der Waals surface area contributed by atoms with E-state index in [-0.39, 0.29) is 10.7 Å². The number of amides is 1. The highest BCUT2D eigenvalue weighted by atomic mass is 79.9. The fraction of sp³-hybridized carbons (Fsp3) is 0.417. The van der Waals surface area contributed by atoms with Crippen LogP contribution in [0.25, 0.3) is 0 Å². The molecule has 0 aromatic heterocycles. The van der Waals surface area contributed by atoms with Gasteiger partial charge < -0.3 is 14.8 Å². The van der Waals surface area contributed by atoms with Gasteiger partial charge in [0, 0.05) is 12.1 Å². The molecule has 0 aliphatic carbocycles. The second-order valence-corrected chi connectivity index (χ2v) is 5.06. The van der Waals surface area contributed by atoms with Crippen LogP contribution in [0, 0.1) is 0 Å². The molecule has 1 rings (SSSR count). The summed E-state index contributed by atoms with van der Waals surface area (Å²) in [6, 6.07) is 3.24. The van der Waals surface area contributed by atoms with Crippen molar-refractivity contribution in [1.29, 1.82) is 0 Å². The Morgan fingerprint density at radius 2 is 2.00 bits per heavy atom. The lowest BCUT2D eigenvalue weighted by molar-refractivity contribution is -0.115. The normalized spacial score (nSPS) is 11.8. The number of carbonyl (C=O) groups is 1. The average molecular weight is 337 g/mol. The van der Waals surface area contributed by atoms with Crippen molar-refractivity contribution < 1.29 is 14.3 Å². The zero-order chi connectivity index (χ0) is 13.7. The van der Waals surface area contributed by atoms with Gasteiger partial charge in [0.25, 0.3) is 0 Å². The lowest BCUT2D eigenvalue weighted by atomic mass is 10.2. The molecular weight excluding hydrogens is 321 g/mol. The highest BCUT2D eigenvalue weighted by Gasteiger charge is 2.16. The zero-order valence-electron chi connectivity index (χ0n) is 10.4. The van der Waals surface area contributed by atoms with E-state index in [0.717, 1.165) is 0 Å². The van der Waals surface area contributed by atoms with Crippen molar-refractivity contribution in [2.24, 2.45) is 0 Å². The molecule has 0 bridgehead atoms. The van der Waals surface area contributed by atoms with Crippen LogP contribution in [0.4, 0.5) is 5.69 Å². The van der Waals surface area contributed by atoms with Gasteiger partial charge in [-0.25, -0.2) is 0 Å². The first-order valence-electron chi connectivity index (χ1n) is 5.39. The molecule has 0 fully saturated rings. The van der Waals surface area contributed by atoms with Gasteiger partial charge in [0.2, 0.25) is 5.91 Å². The van der Waals surface area contributed by atoms with Crippen molar-refractivity contribution in [2.75, 3.05) is 19.5 Å². The Bertz CT molecular complexity index is 440. The Labute approximate surface area is 120 Å². The predicted molar refractivity (Wildman–Crippen MR) is 76.2 cm³/mol. The fourth-order valence-electron chi connectivity index (χ4n) is 1.35. The number of alkyl halides is 1. The van der Waals surface area contributed by atoms with Crippen LogP contribution >= 0.6 is 27.5 Å². The molecule has 0 saturated carbocycles. The minimum absolute atomic E-state index is 0.139. The standard InChI is InChI=1S/C12H15BrClNO3/c1-4-7(13)12(16)15-9-6-10(17-2)8(14)5-11(9)18-3/h5-7H,4H2,1-3H3,(H,15,16). The van der Waals surface area contributed by atoms with Gasteiger partial charge in [-0.15, -0.1) is 0 Å². The molecule has 18 heavy (non-hydrogen) atoms. The Balaban J connectivity index is 3.03. The summed E-state index contributed by atoms with van der Waals surface area (Å²) >= 11 is 9.27. The lowest BCUT2D eigenvalue weighted by Crippen LogP contribution is -2.22. The van der Waals surface area contributed by atoms with Crippen LogP contribution in [0.15, 0.2) is 12.1 Å². The summed E-state index contributed by atoms with van der Waals surface area (Å²) in [4.78, 5) is 11.6. The summed E-state index contributed by atoms with van der Waals surface area (Å²) < 4.78 is 10.3. The number of halogens is 2. The number of methoxy groups -OCH3 is 2. The van der Waals surface area contributed by atoms with Crippen LogP contribution in [0.2, 0.25) is 5.02 Å². The molecule has 0 aliphatic heterocycles. The van der Waals surface area contributed by atoms with Crippen molar-refractivity contribution in [2.45, 2.75) is 18.2 Å². The highest BCUT2D eigenvalue weighted by Crippen LogP contribution is 2.36. The quantitative estimate of drug-likeness (QED) is 0.838. The largest absolute Gasteiger partial charge is 0.495 e. The van der Waals surface area contributed by atoms with Crippen LogP contribution in [0.5, 0.6) is 11.5 Å². The number of anilines is 1. The number of rotatable bonds is 5. The first kappa shape index (κ1) is 15.1. The molecule has 0 saturated heterocycles. The molecule has 100 valence electrons. The summed E-state index contributed by atoms with van der Waals surface area (Å²) in [6.07, 6.45) is 0.693. The van der Waals surface area contributed by atoms with Gasteiger partial charge in [0.1, 0.15) is 11.5 Å². The maximum absolute atomic E-state index is 11.8. The number of nitrogens with one attached hydrogen (secondary N) is 1. The molecule has 0 spiro atoms. The van der Waals surface area contributed by atoms with Crippen LogP contribution < -0.4 is 14.8 Å². The predicted octanol–water partition coefficient (Wildman–Crippen LogP) is 3.47. The van der Waals surface area contributed by atoms with E-state index in [1.807, 2.05) is 6.92 Å². The topological polar surface area (TPSA) is 47.6 Å². The van der Waals surface area contributed by atoms with Gasteiger partial charge in [-0.2, -0.15) is 0 Å². The number of hydrogen-bond acceptors (Lipinski definition) is 3. The third-order valence-electron chi connectivity index (χ3n) is 2.37. The van der Waals surface area contributed by atoms with Gasteiger partial charge in [-0.3, -0.25) is 4.79 Å². The molecule has 1 N–H and O–H groups in total. The van der Waals surface area contributed by atoms with E-state index in [9.17, 15) is 4.79 Å². The Kier molecular flexibility index (Phi) is 5.75. The van der Waals surface area contributed by atoms with E-state index in [0.29, 0.717) is 28.6 Å². The first-order chi connectivity index (χ1) is 8.53. The molecule has 1 amide bonds. The first-order valence-corrected chi connectivity index (χ1v) is 6.69. The minimum atomic E-state index is -0.246. The van der Waals surface area contributed by atoms with Gasteiger partial charge in [-0.1, -0.05) is 34.5 Å². The molecule has 6 heteroatoms. The number of benzene rings is 1. The van der Waals surface area contributed by atoms with Crippen molar-refractivity contribution in [3.63, 3.8) is 0 Å². The summed E-state index contributed by atoms with van der Waals surface area (Å²) in [7, 11) is 3.03. The minimum Gasteiger partial charge on any atom is -0.495 e. The maximum atomic E-state index is 11.8. The summed E-state index contributed by atoms with van der Waals surface area (Å²) in [6.45, 7) is 1.92. The molecule has 1 aromatic rings. The zero-order valence-corrected chi connectivity index (χ0v) is 12.8. The Hall–Kier alpha value is -0.940. The van der Waals surface area contributed by atoms with Crippen molar-refractivity contribution in [1.82, 2.24) is 0 Å². The van der Waals surface area contributed by atoms with E-state index >= 15 is 0 Å². The average Bonchev–Trinajstić information content (AvgIpc) is 2.38. The molecule has 1 aromatic carbocycles. The summed E-state index contributed by atoms with van der Waals surface area (Å²) in [5.74, 6) is 0.834. The van der Waals surface area contributed by atoms with Crippen LogP contribution in [-0.4, -0.2) is 25.0 Å². The Morgan fingerprint density at radius 1 is 1.39 bits per heavy atom. The van der Waals surface area contributed by atoms with E-state index in [2.05, 4.69) is 21.2 Å². The third-order valence-corrected chi connectivity index (χ3v) is 3.73. The molecule has 0 heterocycles. The van der Waals surface area contributed by atoms with Gasteiger partial charge in [0.15, 0.2) is 0 Å². The fourth-order valence-corrected chi connectivity index (χ4v) is 1.70.